The van der Waals surface area contributed by atoms with E-state index in [2.05, 4.69) is 6.58 Å². The maximum Gasteiger partial charge on any atom is 0.348 e. The Hall–Kier alpha value is 0.422. The van der Waals surface area contributed by atoms with Crippen LogP contribution in [0.4, 0.5) is 0 Å². The summed E-state index contributed by atoms with van der Waals surface area (Å²) < 4.78 is 9.58. The summed E-state index contributed by atoms with van der Waals surface area (Å²) in [4.78, 5) is 15.6. The lowest BCUT2D eigenvalue weighted by Crippen LogP contribution is -1.63. The Morgan fingerprint density at radius 2 is 1.71 bits per heavy atom. The minimum absolute atomic E-state index is 0. The Balaban J connectivity index is 0. The molecule has 0 rings (SSSR count). The highest BCUT2D eigenvalue weighted by atomic mass is 31.2. The fourth-order valence-electron chi connectivity index (χ4n) is 0. The molecule has 0 aromatic carbocycles. The van der Waals surface area contributed by atoms with E-state index >= 15 is 0 Å². The minimum Gasteiger partial charge on any atom is -0.321 e. The lowest BCUT2D eigenvalue weighted by Gasteiger charge is -1.87. The SMILES string of the molecule is C=CP(=O)(O)O.[AlH3]. The molecule has 2 N–H and O–H groups in total. The molecule has 0 saturated carbocycles. The van der Waals surface area contributed by atoms with E-state index in [1.54, 1.807) is 0 Å². The lowest BCUT2D eigenvalue weighted by molar-refractivity contribution is 0.386. The molecule has 0 radical (unpaired) electrons. The van der Waals surface area contributed by atoms with Crippen LogP contribution in [-0.4, -0.2) is 27.1 Å². The molecule has 0 amide bonds. The largest absolute Gasteiger partial charge is 0.348 e. The van der Waals surface area contributed by atoms with Crippen molar-refractivity contribution in [1.29, 1.82) is 0 Å². The average molecular weight is 138 g/mol. The second-order valence-corrected chi connectivity index (χ2v) is 2.31. The van der Waals surface area contributed by atoms with E-state index in [-0.39, 0.29) is 17.4 Å². The quantitative estimate of drug-likeness (QED) is 0.365. The number of hydrogen-bond donors (Lipinski definition) is 2. The van der Waals surface area contributed by atoms with Gasteiger partial charge in [-0.05, 0) is 0 Å². The van der Waals surface area contributed by atoms with Crippen LogP contribution >= 0.6 is 7.60 Å². The Morgan fingerprint density at radius 1 is 1.57 bits per heavy atom. The van der Waals surface area contributed by atoms with Crippen molar-refractivity contribution < 1.29 is 14.4 Å². The van der Waals surface area contributed by atoms with Crippen LogP contribution in [-0.2, 0) is 4.57 Å². The molecule has 0 atom stereocenters. The van der Waals surface area contributed by atoms with Crippen LogP contribution in [0.1, 0.15) is 0 Å². The predicted molar refractivity (Wildman–Crippen MR) is 32.2 cm³/mol. The molecule has 0 aromatic rings. The van der Waals surface area contributed by atoms with Gasteiger partial charge in [-0.3, -0.25) is 4.57 Å². The second kappa shape index (κ2) is 3.43. The van der Waals surface area contributed by atoms with Gasteiger partial charge in [0, 0.05) is 5.82 Å². The molecule has 0 aliphatic carbocycles. The van der Waals surface area contributed by atoms with Gasteiger partial charge in [0.1, 0.15) is 0 Å². The predicted octanol–water partition coefficient (Wildman–Crippen LogP) is -0.876. The van der Waals surface area contributed by atoms with Crippen LogP contribution in [0, 0.1) is 0 Å². The monoisotopic (exact) mass is 138 g/mol. The molecule has 42 valence electrons. The van der Waals surface area contributed by atoms with Gasteiger partial charge in [0.25, 0.3) is 0 Å². The standard InChI is InChI=1S/C2H5O3P.Al.3H/c1-2-6(3,4)5;;;;/h2H,1H2,(H2,3,4,5);;;;. The van der Waals surface area contributed by atoms with Crippen LogP contribution < -0.4 is 0 Å². The first-order chi connectivity index (χ1) is 2.56. The summed E-state index contributed by atoms with van der Waals surface area (Å²) in [7, 11) is -3.88. The molecular weight excluding hydrogens is 130 g/mol. The van der Waals surface area contributed by atoms with E-state index in [0.717, 1.165) is 0 Å². The van der Waals surface area contributed by atoms with Gasteiger partial charge in [0.2, 0.25) is 0 Å². The second-order valence-electron chi connectivity index (χ2n) is 0.772. The Morgan fingerprint density at radius 3 is 1.71 bits per heavy atom. The summed E-state index contributed by atoms with van der Waals surface area (Å²) >= 11 is 0. The van der Waals surface area contributed by atoms with Crippen LogP contribution in [0.2, 0.25) is 0 Å². The van der Waals surface area contributed by atoms with Crippen molar-refractivity contribution in [2.45, 2.75) is 0 Å². The third-order valence-corrected chi connectivity index (χ3v) is 0.714. The average Bonchev–Trinajstić information content (AvgIpc) is 1.35. The molecule has 0 spiro atoms. The first-order valence-corrected chi connectivity index (χ1v) is 2.93. The van der Waals surface area contributed by atoms with Crippen molar-refractivity contribution in [3.8, 4) is 0 Å². The van der Waals surface area contributed by atoms with Crippen LogP contribution in [0.15, 0.2) is 12.4 Å². The smallest absolute Gasteiger partial charge is 0.321 e. The molecule has 0 bridgehead atoms. The highest BCUT2D eigenvalue weighted by Crippen LogP contribution is 2.34. The summed E-state index contributed by atoms with van der Waals surface area (Å²) in [5.74, 6) is 0.604. The number of rotatable bonds is 1. The summed E-state index contributed by atoms with van der Waals surface area (Å²) in [6, 6.07) is 0. The van der Waals surface area contributed by atoms with E-state index in [0.29, 0.717) is 5.82 Å². The zero-order chi connectivity index (χ0) is 5.21. The molecule has 0 aromatic heterocycles. The van der Waals surface area contributed by atoms with E-state index in [1.165, 1.54) is 0 Å². The van der Waals surface area contributed by atoms with Crippen molar-refractivity contribution in [2.24, 2.45) is 0 Å². The highest BCUT2D eigenvalue weighted by Gasteiger charge is 2.00. The molecule has 0 aliphatic rings. The third kappa shape index (κ3) is 10.7. The summed E-state index contributed by atoms with van der Waals surface area (Å²) in [6.45, 7) is 2.87. The Bertz CT molecular complexity index is 95.1. The van der Waals surface area contributed by atoms with E-state index < -0.39 is 7.60 Å². The fourth-order valence-corrected chi connectivity index (χ4v) is 0. The van der Waals surface area contributed by atoms with Gasteiger partial charge in [-0.1, -0.05) is 6.58 Å². The Kier molecular flexibility index (Phi) is 5.10. The van der Waals surface area contributed by atoms with Crippen molar-refractivity contribution in [3.05, 3.63) is 12.4 Å². The molecule has 0 unspecified atom stereocenters. The van der Waals surface area contributed by atoms with Crippen LogP contribution in [0.3, 0.4) is 0 Å². The van der Waals surface area contributed by atoms with Crippen molar-refractivity contribution in [2.75, 3.05) is 0 Å². The van der Waals surface area contributed by atoms with Gasteiger partial charge in [0.05, 0.1) is 0 Å². The van der Waals surface area contributed by atoms with E-state index in [9.17, 15) is 4.57 Å². The molecule has 3 nitrogen and oxygen atoms in total. The molecule has 7 heavy (non-hydrogen) atoms. The lowest BCUT2D eigenvalue weighted by atomic mass is 11.3. The Labute approximate surface area is 52.3 Å². The number of hydrogen-bond acceptors (Lipinski definition) is 1. The first kappa shape index (κ1) is 10.4. The molecule has 0 fully saturated rings. The zero-order valence-corrected chi connectivity index (χ0v) is 3.93. The van der Waals surface area contributed by atoms with Crippen molar-refractivity contribution in [3.63, 3.8) is 0 Å². The zero-order valence-electron chi connectivity index (χ0n) is 3.03. The molecule has 0 aliphatic heterocycles. The summed E-state index contributed by atoms with van der Waals surface area (Å²) in [6.07, 6.45) is 0. The molecule has 0 heterocycles. The minimum atomic E-state index is -3.88. The molecular formula is C2H8AlO3P. The van der Waals surface area contributed by atoms with Gasteiger partial charge in [-0.15, -0.1) is 0 Å². The van der Waals surface area contributed by atoms with Gasteiger partial charge in [0.15, 0.2) is 17.4 Å². The van der Waals surface area contributed by atoms with E-state index in [1.807, 2.05) is 0 Å². The van der Waals surface area contributed by atoms with Crippen LogP contribution in [0.5, 0.6) is 0 Å². The topological polar surface area (TPSA) is 57.5 Å². The van der Waals surface area contributed by atoms with Gasteiger partial charge >= 0.3 is 7.60 Å². The van der Waals surface area contributed by atoms with Gasteiger partial charge in [-0.25, -0.2) is 0 Å². The van der Waals surface area contributed by atoms with Crippen LogP contribution in [0.25, 0.3) is 0 Å². The maximum atomic E-state index is 9.58. The van der Waals surface area contributed by atoms with E-state index in [4.69, 9.17) is 9.79 Å². The van der Waals surface area contributed by atoms with Gasteiger partial charge in [-0.2, -0.15) is 0 Å². The van der Waals surface area contributed by atoms with Crippen molar-refractivity contribution >= 4 is 25.0 Å². The maximum absolute atomic E-state index is 9.58. The molecule has 0 saturated heterocycles. The molecule has 5 heteroatoms. The summed E-state index contributed by atoms with van der Waals surface area (Å²) in [5, 5.41) is 0. The third-order valence-electron chi connectivity index (χ3n) is 0.238. The normalized spacial score (nSPS) is 9.43. The van der Waals surface area contributed by atoms with Crippen molar-refractivity contribution in [1.82, 2.24) is 0 Å². The highest BCUT2D eigenvalue weighted by molar-refractivity contribution is 7.55. The van der Waals surface area contributed by atoms with Gasteiger partial charge < -0.3 is 9.79 Å². The summed E-state index contributed by atoms with van der Waals surface area (Å²) in [5.41, 5.74) is 0. The first-order valence-electron chi connectivity index (χ1n) is 1.25. The fraction of sp³-hybridized carbons (Fsp3) is 0.